The van der Waals surface area contributed by atoms with Crippen LogP contribution in [0.3, 0.4) is 0 Å². The van der Waals surface area contributed by atoms with Gasteiger partial charge in [0, 0.05) is 30.8 Å². The highest BCUT2D eigenvalue weighted by molar-refractivity contribution is 5.74. The van der Waals surface area contributed by atoms with Gasteiger partial charge < -0.3 is 20.6 Å². The van der Waals surface area contributed by atoms with Crippen LogP contribution in [-0.4, -0.2) is 53.9 Å². The number of rotatable bonds is 5. The molecule has 0 aliphatic carbocycles. The van der Waals surface area contributed by atoms with Gasteiger partial charge in [0.25, 0.3) is 0 Å². The van der Waals surface area contributed by atoms with Gasteiger partial charge in [-0.2, -0.15) is 0 Å². The Morgan fingerprint density at radius 2 is 1.90 bits per heavy atom. The van der Waals surface area contributed by atoms with Crippen molar-refractivity contribution in [3.63, 3.8) is 0 Å². The molecule has 2 aliphatic rings. The van der Waals surface area contributed by atoms with E-state index in [1.165, 1.54) is 19.3 Å². The standard InChI is InChI=1S/C16H31N3O2/c1-11(2)15(7-8-20)18-16(21)17-12-9-13-5-4-6-14(10-12)19(13)3/h11-15,20H,4-10H2,1-3H3,(H2,17,18,21). The van der Waals surface area contributed by atoms with Gasteiger partial charge in [-0.05, 0) is 45.1 Å². The third-order valence-corrected chi connectivity index (χ3v) is 5.24. The quantitative estimate of drug-likeness (QED) is 0.724. The molecular weight excluding hydrogens is 266 g/mol. The molecular formula is C16H31N3O2. The zero-order valence-electron chi connectivity index (χ0n) is 13.6. The summed E-state index contributed by atoms with van der Waals surface area (Å²) < 4.78 is 0. The normalized spacial score (nSPS) is 31.0. The van der Waals surface area contributed by atoms with E-state index in [9.17, 15) is 4.79 Å². The van der Waals surface area contributed by atoms with Crippen LogP contribution in [0.15, 0.2) is 0 Å². The van der Waals surface area contributed by atoms with Gasteiger partial charge in [0.1, 0.15) is 0 Å². The monoisotopic (exact) mass is 297 g/mol. The summed E-state index contributed by atoms with van der Waals surface area (Å²) in [4.78, 5) is 14.7. The van der Waals surface area contributed by atoms with E-state index in [1.807, 2.05) is 0 Å². The summed E-state index contributed by atoms with van der Waals surface area (Å²) in [6.45, 7) is 4.25. The Hall–Kier alpha value is -0.810. The molecule has 5 nitrogen and oxygen atoms in total. The minimum absolute atomic E-state index is 0.0424. The van der Waals surface area contributed by atoms with Gasteiger partial charge >= 0.3 is 6.03 Å². The molecule has 122 valence electrons. The Morgan fingerprint density at radius 1 is 1.29 bits per heavy atom. The van der Waals surface area contributed by atoms with Crippen molar-refractivity contribution in [3.05, 3.63) is 0 Å². The molecule has 2 saturated heterocycles. The van der Waals surface area contributed by atoms with Gasteiger partial charge in [0.05, 0.1) is 0 Å². The summed E-state index contributed by atoms with van der Waals surface area (Å²) in [5.74, 6) is 0.333. The Labute approximate surface area is 128 Å². The summed E-state index contributed by atoms with van der Waals surface area (Å²) in [5.41, 5.74) is 0. The first-order chi connectivity index (χ1) is 10.0. The van der Waals surface area contributed by atoms with Crippen LogP contribution in [0.5, 0.6) is 0 Å². The molecule has 0 aromatic carbocycles. The van der Waals surface area contributed by atoms with Crippen LogP contribution in [0.2, 0.25) is 0 Å². The van der Waals surface area contributed by atoms with Crippen molar-refractivity contribution in [1.29, 1.82) is 0 Å². The highest BCUT2D eigenvalue weighted by Crippen LogP contribution is 2.32. The van der Waals surface area contributed by atoms with Crippen molar-refractivity contribution in [1.82, 2.24) is 15.5 Å². The number of hydrogen-bond donors (Lipinski definition) is 3. The second kappa shape index (κ2) is 7.45. The first-order valence-corrected chi connectivity index (χ1v) is 8.41. The number of fused-ring (bicyclic) bond motifs is 2. The number of aliphatic hydroxyl groups is 1. The van der Waals surface area contributed by atoms with Crippen molar-refractivity contribution in [2.45, 2.75) is 76.5 Å². The third-order valence-electron chi connectivity index (χ3n) is 5.24. The topological polar surface area (TPSA) is 64.6 Å². The molecule has 5 heteroatoms. The first kappa shape index (κ1) is 16.6. The van der Waals surface area contributed by atoms with Gasteiger partial charge in [-0.3, -0.25) is 0 Å². The minimum Gasteiger partial charge on any atom is -0.396 e. The second-order valence-electron chi connectivity index (χ2n) is 7.05. The Kier molecular flexibility index (Phi) is 5.88. The van der Waals surface area contributed by atoms with Crippen LogP contribution in [-0.2, 0) is 0 Å². The lowest BCUT2D eigenvalue weighted by Gasteiger charge is -2.47. The van der Waals surface area contributed by atoms with Crippen LogP contribution in [0.1, 0.15) is 52.4 Å². The maximum Gasteiger partial charge on any atom is 0.315 e. The fraction of sp³-hybridized carbons (Fsp3) is 0.938. The molecule has 0 aromatic heterocycles. The van der Waals surface area contributed by atoms with Gasteiger partial charge in [0.15, 0.2) is 0 Å². The molecule has 0 spiro atoms. The van der Waals surface area contributed by atoms with E-state index in [0.717, 1.165) is 12.8 Å². The molecule has 21 heavy (non-hydrogen) atoms. The lowest BCUT2D eigenvalue weighted by Crippen LogP contribution is -2.57. The molecule has 2 fully saturated rings. The number of amides is 2. The van der Waals surface area contributed by atoms with Crippen molar-refractivity contribution in [3.8, 4) is 0 Å². The highest BCUT2D eigenvalue weighted by atomic mass is 16.3. The van der Waals surface area contributed by atoms with Gasteiger partial charge in [0.2, 0.25) is 0 Å². The van der Waals surface area contributed by atoms with Crippen molar-refractivity contribution >= 4 is 6.03 Å². The van der Waals surface area contributed by atoms with E-state index in [1.54, 1.807) is 0 Å². The maximum absolute atomic E-state index is 12.2. The molecule has 2 amide bonds. The molecule has 0 aromatic rings. The highest BCUT2D eigenvalue weighted by Gasteiger charge is 2.36. The summed E-state index contributed by atoms with van der Waals surface area (Å²) in [7, 11) is 2.22. The van der Waals surface area contributed by atoms with E-state index in [0.29, 0.717) is 30.5 Å². The first-order valence-electron chi connectivity index (χ1n) is 8.41. The molecule has 3 unspecified atom stereocenters. The third kappa shape index (κ3) is 4.33. The van der Waals surface area contributed by atoms with E-state index in [2.05, 4.69) is 36.4 Å². The lowest BCUT2D eigenvalue weighted by atomic mass is 9.82. The summed E-state index contributed by atoms with van der Waals surface area (Å²) in [5, 5.41) is 15.3. The number of hydrogen-bond acceptors (Lipinski definition) is 3. The Bertz CT molecular complexity index is 334. The number of aliphatic hydroxyl groups excluding tert-OH is 1. The van der Waals surface area contributed by atoms with Crippen LogP contribution in [0.4, 0.5) is 4.79 Å². The molecule has 0 radical (unpaired) electrons. The smallest absolute Gasteiger partial charge is 0.315 e. The van der Waals surface area contributed by atoms with Gasteiger partial charge in [-0.15, -0.1) is 0 Å². The molecule has 2 heterocycles. The largest absolute Gasteiger partial charge is 0.396 e. The van der Waals surface area contributed by atoms with E-state index in [-0.39, 0.29) is 18.7 Å². The molecule has 2 bridgehead atoms. The van der Waals surface area contributed by atoms with Crippen LogP contribution >= 0.6 is 0 Å². The van der Waals surface area contributed by atoms with Crippen molar-refractivity contribution < 1.29 is 9.90 Å². The van der Waals surface area contributed by atoms with Gasteiger partial charge in [-0.25, -0.2) is 4.79 Å². The second-order valence-corrected chi connectivity index (χ2v) is 7.05. The maximum atomic E-state index is 12.2. The summed E-state index contributed by atoms with van der Waals surface area (Å²) >= 11 is 0. The Balaban J connectivity index is 1.82. The minimum atomic E-state index is -0.0743. The number of nitrogens with one attached hydrogen (secondary N) is 2. The van der Waals surface area contributed by atoms with E-state index < -0.39 is 0 Å². The average Bonchev–Trinajstić information content (AvgIpc) is 2.39. The average molecular weight is 297 g/mol. The van der Waals surface area contributed by atoms with Crippen LogP contribution in [0, 0.1) is 5.92 Å². The molecule has 3 atom stereocenters. The molecule has 3 N–H and O–H groups in total. The fourth-order valence-electron chi connectivity index (χ4n) is 3.84. The molecule has 2 aliphatic heterocycles. The molecule has 2 rings (SSSR count). The zero-order valence-corrected chi connectivity index (χ0v) is 13.6. The summed E-state index contributed by atoms with van der Waals surface area (Å²) in [6.07, 6.45) is 6.58. The number of nitrogens with zero attached hydrogens (tertiary/aromatic N) is 1. The zero-order chi connectivity index (χ0) is 15.4. The number of carbonyl (C=O) groups excluding carboxylic acids is 1. The molecule has 0 saturated carbocycles. The lowest BCUT2D eigenvalue weighted by molar-refractivity contribution is 0.0507. The van der Waals surface area contributed by atoms with Crippen LogP contribution in [0.25, 0.3) is 0 Å². The predicted octanol–water partition coefficient (Wildman–Crippen LogP) is 1.71. The fourth-order valence-corrected chi connectivity index (χ4v) is 3.84. The van der Waals surface area contributed by atoms with Gasteiger partial charge in [-0.1, -0.05) is 20.3 Å². The Morgan fingerprint density at radius 3 is 2.43 bits per heavy atom. The SMILES string of the molecule is CC(C)C(CCO)NC(=O)NC1CC2CCCC(C1)N2C. The van der Waals surface area contributed by atoms with E-state index >= 15 is 0 Å². The predicted molar refractivity (Wildman–Crippen MR) is 84.2 cm³/mol. The number of urea groups is 1. The number of piperidine rings is 2. The van der Waals surface area contributed by atoms with Crippen LogP contribution < -0.4 is 10.6 Å². The number of carbonyl (C=O) groups is 1. The van der Waals surface area contributed by atoms with Crippen molar-refractivity contribution in [2.75, 3.05) is 13.7 Å². The van der Waals surface area contributed by atoms with Crippen molar-refractivity contribution in [2.24, 2.45) is 5.92 Å². The van der Waals surface area contributed by atoms with E-state index in [4.69, 9.17) is 5.11 Å². The summed E-state index contributed by atoms with van der Waals surface area (Å²) in [6, 6.07) is 1.51.